The van der Waals surface area contributed by atoms with Crippen LogP contribution in [-0.2, 0) is 14.3 Å². The van der Waals surface area contributed by atoms with Crippen LogP contribution in [-0.4, -0.2) is 55.4 Å². The second kappa shape index (κ2) is 8.83. The minimum absolute atomic E-state index is 0.0844. The lowest BCUT2D eigenvalue weighted by molar-refractivity contribution is -0.136. The molecule has 0 aromatic carbocycles. The molecule has 1 aromatic heterocycles. The molecule has 0 bridgehead atoms. The molecule has 20 heavy (non-hydrogen) atoms. The standard InChI is InChI=1S/C12H17N3O5/c1-19-10-3-2-9(8-14-10)15-12(18)11(17)13-4-6-20-7-5-16/h2-3,8,16H,4-7H2,1H3,(H,13,17)(H,15,18). The van der Waals surface area contributed by atoms with Crippen molar-refractivity contribution < 1.29 is 24.2 Å². The van der Waals surface area contributed by atoms with Gasteiger partial charge in [-0.1, -0.05) is 0 Å². The number of hydrogen-bond acceptors (Lipinski definition) is 6. The molecule has 0 aliphatic carbocycles. The minimum atomic E-state index is -0.792. The molecule has 0 aliphatic heterocycles. The van der Waals surface area contributed by atoms with Gasteiger partial charge in [0.15, 0.2) is 0 Å². The number of ether oxygens (including phenoxy) is 2. The molecule has 8 heteroatoms. The van der Waals surface area contributed by atoms with Crippen molar-refractivity contribution in [1.82, 2.24) is 10.3 Å². The summed E-state index contributed by atoms with van der Waals surface area (Å²) in [6.07, 6.45) is 1.38. The number of anilines is 1. The summed E-state index contributed by atoms with van der Waals surface area (Å²) in [6, 6.07) is 3.14. The molecule has 1 aromatic rings. The molecule has 110 valence electrons. The molecule has 1 rings (SSSR count). The zero-order valence-electron chi connectivity index (χ0n) is 11.1. The van der Waals surface area contributed by atoms with Gasteiger partial charge in [-0.15, -0.1) is 0 Å². The number of aromatic nitrogens is 1. The topological polar surface area (TPSA) is 110 Å². The lowest BCUT2D eigenvalue weighted by atomic mass is 10.4. The first kappa shape index (κ1) is 15.9. The van der Waals surface area contributed by atoms with Gasteiger partial charge in [-0.2, -0.15) is 0 Å². The van der Waals surface area contributed by atoms with E-state index in [1.54, 1.807) is 12.1 Å². The van der Waals surface area contributed by atoms with Crippen LogP contribution in [0.15, 0.2) is 18.3 Å². The van der Waals surface area contributed by atoms with E-state index in [0.29, 0.717) is 11.6 Å². The van der Waals surface area contributed by atoms with E-state index < -0.39 is 11.8 Å². The fourth-order valence-electron chi connectivity index (χ4n) is 1.25. The third kappa shape index (κ3) is 5.63. The summed E-state index contributed by atoms with van der Waals surface area (Å²) in [4.78, 5) is 26.8. The zero-order valence-corrected chi connectivity index (χ0v) is 11.1. The maximum Gasteiger partial charge on any atom is 0.313 e. The van der Waals surface area contributed by atoms with E-state index in [9.17, 15) is 9.59 Å². The molecule has 0 radical (unpaired) electrons. The van der Waals surface area contributed by atoms with Crippen molar-refractivity contribution >= 4 is 17.5 Å². The second-order valence-corrected chi connectivity index (χ2v) is 3.64. The van der Waals surface area contributed by atoms with Crippen molar-refractivity contribution in [1.29, 1.82) is 0 Å². The first-order chi connectivity index (χ1) is 9.67. The molecule has 0 unspecified atom stereocenters. The Morgan fingerprint density at radius 1 is 1.30 bits per heavy atom. The van der Waals surface area contributed by atoms with E-state index in [-0.39, 0.29) is 26.4 Å². The maximum atomic E-state index is 11.5. The number of nitrogens with zero attached hydrogens (tertiary/aromatic N) is 1. The Bertz CT molecular complexity index is 435. The van der Waals surface area contributed by atoms with Crippen LogP contribution in [0.2, 0.25) is 0 Å². The summed E-state index contributed by atoms with van der Waals surface area (Å²) in [6.45, 7) is 0.523. The highest BCUT2D eigenvalue weighted by Gasteiger charge is 2.13. The second-order valence-electron chi connectivity index (χ2n) is 3.64. The lowest BCUT2D eigenvalue weighted by Gasteiger charge is -2.07. The third-order valence-corrected chi connectivity index (χ3v) is 2.18. The number of amides is 2. The Kier molecular flexibility index (Phi) is 7.01. The number of nitrogens with one attached hydrogen (secondary N) is 2. The molecule has 0 fully saturated rings. The molecular formula is C12H17N3O5. The molecule has 0 spiro atoms. The van der Waals surface area contributed by atoms with Gasteiger partial charge in [-0.3, -0.25) is 9.59 Å². The van der Waals surface area contributed by atoms with Crippen molar-refractivity contribution in [2.75, 3.05) is 38.8 Å². The van der Waals surface area contributed by atoms with Crippen molar-refractivity contribution in [3.63, 3.8) is 0 Å². The fraction of sp³-hybridized carbons (Fsp3) is 0.417. The monoisotopic (exact) mass is 283 g/mol. The van der Waals surface area contributed by atoms with Gasteiger partial charge in [0.2, 0.25) is 5.88 Å². The summed E-state index contributed by atoms with van der Waals surface area (Å²) in [5.74, 6) is -1.15. The first-order valence-electron chi connectivity index (χ1n) is 5.95. The van der Waals surface area contributed by atoms with E-state index in [2.05, 4.69) is 15.6 Å². The molecule has 0 saturated carbocycles. The van der Waals surface area contributed by atoms with Gasteiger partial charge >= 0.3 is 11.8 Å². The SMILES string of the molecule is COc1ccc(NC(=O)C(=O)NCCOCCO)cn1. The Balaban J connectivity index is 2.31. The van der Waals surface area contributed by atoms with Crippen LogP contribution in [0.25, 0.3) is 0 Å². The maximum absolute atomic E-state index is 11.5. The average Bonchev–Trinajstić information content (AvgIpc) is 2.47. The largest absolute Gasteiger partial charge is 0.481 e. The Labute approximate surface area is 116 Å². The highest BCUT2D eigenvalue weighted by Crippen LogP contribution is 2.10. The smallest absolute Gasteiger partial charge is 0.313 e. The number of methoxy groups -OCH3 is 1. The first-order valence-corrected chi connectivity index (χ1v) is 5.95. The molecule has 8 nitrogen and oxygen atoms in total. The zero-order chi connectivity index (χ0) is 14.8. The molecule has 0 atom stereocenters. The van der Waals surface area contributed by atoms with Gasteiger partial charge in [-0.25, -0.2) is 4.98 Å². The van der Waals surface area contributed by atoms with Crippen LogP contribution in [0.1, 0.15) is 0 Å². The Hall–Kier alpha value is -2.19. The van der Waals surface area contributed by atoms with Crippen molar-refractivity contribution in [2.24, 2.45) is 0 Å². The lowest BCUT2D eigenvalue weighted by Crippen LogP contribution is -2.37. The van der Waals surface area contributed by atoms with E-state index in [1.165, 1.54) is 13.3 Å². The van der Waals surface area contributed by atoms with Crippen LogP contribution < -0.4 is 15.4 Å². The number of pyridine rings is 1. The number of carbonyl (C=O) groups excluding carboxylic acids is 2. The molecule has 0 aliphatic rings. The summed E-state index contributed by atoms with van der Waals surface area (Å²) in [5, 5.41) is 13.2. The number of rotatable bonds is 7. The van der Waals surface area contributed by atoms with Gasteiger partial charge in [0, 0.05) is 12.6 Å². The number of hydrogen-bond donors (Lipinski definition) is 3. The minimum Gasteiger partial charge on any atom is -0.481 e. The Morgan fingerprint density at radius 3 is 2.70 bits per heavy atom. The highest BCUT2D eigenvalue weighted by atomic mass is 16.5. The molecule has 1 heterocycles. The van der Waals surface area contributed by atoms with Gasteiger partial charge in [0.25, 0.3) is 0 Å². The predicted octanol–water partition coefficient (Wildman–Crippen LogP) is -0.846. The molecule has 0 saturated heterocycles. The average molecular weight is 283 g/mol. The number of aliphatic hydroxyl groups excluding tert-OH is 1. The van der Waals surface area contributed by atoms with Crippen molar-refractivity contribution in [3.8, 4) is 5.88 Å². The quantitative estimate of drug-likeness (QED) is 0.444. The third-order valence-electron chi connectivity index (χ3n) is 2.18. The summed E-state index contributed by atoms with van der Waals surface area (Å²) in [5.41, 5.74) is 0.391. The van der Waals surface area contributed by atoms with Crippen LogP contribution in [0.5, 0.6) is 5.88 Å². The summed E-state index contributed by atoms with van der Waals surface area (Å²) in [7, 11) is 1.48. The summed E-state index contributed by atoms with van der Waals surface area (Å²) >= 11 is 0. The molecule has 2 amide bonds. The molecule has 3 N–H and O–H groups in total. The van der Waals surface area contributed by atoms with E-state index >= 15 is 0 Å². The number of aliphatic hydroxyl groups is 1. The van der Waals surface area contributed by atoms with Crippen molar-refractivity contribution in [2.45, 2.75) is 0 Å². The van der Waals surface area contributed by atoms with Gasteiger partial charge in [0.05, 0.1) is 38.8 Å². The van der Waals surface area contributed by atoms with Gasteiger partial charge in [-0.05, 0) is 6.07 Å². The predicted molar refractivity (Wildman–Crippen MR) is 70.3 cm³/mol. The van der Waals surface area contributed by atoms with E-state index in [4.69, 9.17) is 14.6 Å². The fourth-order valence-corrected chi connectivity index (χ4v) is 1.25. The highest BCUT2D eigenvalue weighted by molar-refractivity contribution is 6.39. The van der Waals surface area contributed by atoms with Crippen LogP contribution in [0.4, 0.5) is 5.69 Å². The van der Waals surface area contributed by atoms with E-state index in [0.717, 1.165) is 0 Å². The number of carbonyl (C=O) groups is 2. The normalized spacial score (nSPS) is 9.90. The van der Waals surface area contributed by atoms with Gasteiger partial charge in [0.1, 0.15) is 0 Å². The van der Waals surface area contributed by atoms with Crippen LogP contribution in [0.3, 0.4) is 0 Å². The van der Waals surface area contributed by atoms with Crippen molar-refractivity contribution in [3.05, 3.63) is 18.3 Å². The van der Waals surface area contributed by atoms with E-state index in [1.807, 2.05) is 0 Å². The van der Waals surface area contributed by atoms with Crippen LogP contribution >= 0.6 is 0 Å². The Morgan fingerprint density at radius 2 is 2.10 bits per heavy atom. The molecular weight excluding hydrogens is 266 g/mol. The van der Waals surface area contributed by atoms with Gasteiger partial charge < -0.3 is 25.2 Å². The van der Waals surface area contributed by atoms with Crippen LogP contribution in [0, 0.1) is 0 Å². The summed E-state index contributed by atoms with van der Waals surface area (Å²) < 4.78 is 9.81.